The second-order valence-corrected chi connectivity index (χ2v) is 6.54. The lowest BCUT2D eigenvalue weighted by molar-refractivity contribution is -0.117. The van der Waals surface area contributed by atoms with Crippen LogP contribution in [0.2, 0.25) is 0 Å². The zero-order valence-corrected chi connectivity index (χ0v) is 15.9. The van der Waals surface area contributed by atoms with Gasteiger partial charge in [-0.2, -0.15) is 0 Å². The van der Waals surface area contributed by atoms with E-state index in [1.165, 1.54) is 7.11 Å². The van der Waals surface area contributed by atoms with Crippen molar-refractivity contribution in [1.82, 2.24) is 4.90 Å². The maximum absolute atomic E-state index is 12.1. The van der Waals surface area contributed by atoms with Crippen molar-refractivity contribution in [2.75, 3.05) is 26.0 Å². The third-order valence-electron chi connectivity index (χ3n) is 3.36. The van der Waals surface area contributed by atoms with Crippen molar-refractivity contribution in [3.63, 3.8) is 0 Å². The Morgan fingerprint density at radius 2 is 2.04 bits per heavy atom. The molecule has 6 nitrogen and oxygen atoms in total. The summed E-state index contributed by atoms with van der Waals surface area (Å²) in [6.07, 6.45) is 0. The minimum atomic E-state index is -0.429. The molecule has 2 aromatic rings. The zero-order valence-electron chi connectivity index (χ0n) is 13.8. The van der Waals surface area contributed by atoms with E-state index in [0.717, 1.165) is 9.26 Å². The number of esters is 1. The monoisotopic (exact) mass is 442 g/mol. The first-order valence-corrected chi connectivity index (χ1v) is 8.39. The Bertz CT molecular complexity index is 742. The largest absolute Gasteiger partial charge is 0.465 e. The highest BCUT2D eigenvalue weighted by Crippen LogP contribution is 2.18. The van der Waals surface area contributed by atoms with Crippen LogP contribution in [0.25, 0.3) is 0 Å². The van der Waals surface area contributed by atoms with Gasteiger partial charge in [0.25, 0.3) is 0 Å². The van der Waals surface area contributed by atoms with Crippen molar-refractivity contribution >= 4 is 40.2 Å². The van der Waals surface area contributed by atoms with Crippen LogP contribution in [-0.4, -0.2) is 37.5 Å². The molecule has 1 amide bonds. The Kier molecular flexibility index (Phi) is 6.38. The van der Waals surface area contributed by atoms with Gasteiger partial charge in [-0.15, -0.1) is 0 Å². The van der Waals surface area contributed by atoms with Gasteiger partial charge in [-0.05, 0) is 54.8 Å². The number of nitrogens with one attached hydrogen (secondary N) is 1. The van der Waals surface area contributed by atoms with Crippen molar-refractivity contribution < 1.29 is 18.7 Å². The summed E-state index contributed by atoms with van der Waals surface area (Å²) in [5.74, 6) is 0.575. The molecule has 1 N–H and O–H groups in total. The number of methoxy groups -OCH3 is 1. The van der Waals surface area contributed by atoms with Crippen LogP contribution >= 0.6 is 22.6 Å². The number of carbonyl (C=O) groups is 2. The molecule has 1 aromatic carbocycles. The number of para-hydroxylation sites is 1. The zero-order chi connectivity index (χ0) is 17.7. The number of ether oxygens (including phenoxy) is 1. The number of aryl methyl sites for hydroxylation is 1. The van der Waals surface area contributed by atoms with Crippen LogP contribution < -0.4 is 5.32 Å². The summed E-state index contributed by atoms with van der Waals surface area (Å²) in [4.78, 5) is 25.5. The lowest BCUT2D eigenvalue weighted by atomic mass is 10.2. The van der Waals surface area contributed by atoms with Crippen LogP contribution in [0.15, 0.2) is 34.7 Å². The van der Waals surface area contributed by atoms with Crippen molar-refractivity contribution in [3.05, 3.63) is 51.0 Å². The number of rotatable bonds is 6. The number of furan rings is 1. The topological polar surface area (TPSA) is 71.8 Å². The Hall–Kier alpha value is -1.87. The number of hydrogen-bond acceptors (Lipinski definition) is 5. The normalized spacial score (nSPS) is 10.7. The van der Waals surface area contributed by atoms with Gasteiger partial charge < -0.3 is 14.5 Å². The number of carbonyl (C=O) groups excluding carboxylic acids is 2. The highest BCUT2D eigenvalue weighted by atomic mass is 127. The van der Waals surface area contributed by atoms with Gasteiger partial charge in [-0.3, -0.25) is 9.69 Å². The average molecular weight is 442 g/mol. The molecular weight excluding hydrogens is 423 g/mol. The number of benzene rings is 1. The molecule has 0 saturated carbocycles. The molecule has 2 rings (SSSR count). The van der Waals surface area contributed by atoms with E-state index in [1.807, 2.05) is 36.2 Å². The highest BCUT2D eigenvalue weighted by molar-refractivity contribution is 14.1. The highest BCUT2D eigenvalue weighted by Gasteiger charge is 2.17. The fourth-order valence-corrected chi connectivity index (χ4v) is 2.78. The van der Waals surface area contributed by atoms with Crippen molar-refractivity contribution in [3.8, 4) is 0 Å². The first kappa shape index (κ1) is 18.5. The van der Waals surface area contributed by atoms with Gasteiger partial charge in [0.05, 0.1) is 25.9 Å². The van der Waals surface area contributed by atoms with Crippen LogP contribution in [0.1, 0.15) is 21.9 Å². The van der Waals surface area contributed by atoms with E-state index < -0.39 is 5.97 Å². The Morgan fingerprint density at radius 1 is 1.33 bits per heavy atom. The van der Waals surface area contributed by atoms with Gasteiger partial charge in [0.15, 0.2) is 0 Å². The van der Waals surface area contributed by atoms with Crippen LogP contribution in [0.5, 0.6) is 0 Å². The molecule has 7 heteroatoms. The quantitative estimate of drug-likeness (QED) is 0.550. The Morgan fingerprint density at radius 3 is 2.71 bits per heavy atom. The summed E-state index contributed by atoms with van der Waals surface area (Å²) in [7, 11) is 3.14. The summed E-state index contributed by atoms with van der Waals surface area (Å²) in [6, 6.07) is 9.23. The fraction of sp³-hybridized carbons (Fsp3) is 0.294. The second kappa shape index (κ2) is 8.29. The summed E-state index contributed by atoms with van der Waals surface area (Å²) in [6.45, 7) is 2.33. The lowest BCUT2D eigenvalue weighted by Gasteiger charge is -2.15. The third-order valence-corrected chi connectivity index (χ3v) is 4.30. The Balaban J connectivity index is 1.93. The molecule has 24 heavy (non-hydrogen) atoms. The van der Waals surface area contributed by atoms with E-state index in [-0.39, 0.29) is 12.5 Å². The van der Waals surface area contributed by atoms with Gasteiger partial charge >= 0.3 is 5.97 Å². The predicted molar refractivity (Wildman–Crippen MR) is 98.9 cm³/mol. The summed E-state index contributed by atoms with van der Waals surface area (Å²) in [5, 5.41) is 2.88. The molecule has 0 atom stereocenters. The molecule has 0 aliphatic carbocycles. The molecule has 0 saturated heterocycles. The SMILES string of the molecule is COC(=O)c1cc(CN(C)CC(=O)Nc2ccccc2I)oc1C. The van der Waals surface area contributed by atoms with E-state index in [2.05, 4.69) is 27.9 Å². The second-order valence-electron chi connectivity index (χ2n) is 5.37. The third kappa shape index (κ3) is 4.81. The maximum atomic E-state index is 12.1. The van der Waals surface area contributed by atoms with Crippen molar-refractivity contribution in [2.24, 2.45) is 0 Å². The molecule has 0 aliphatic rings. The molecule has 0 spiro atoms. The lowest BCUT2D eigenvalue weighted by Crippen LogP contribution is -2.29. The minimum absolute atomic E-state index is 0.113. The van der Waals surface area contributed by atoms with E-state index in [0.29, 0.717) is 23.6 Å². The van der Waals surface area contributed by atoms with Crippen molar-refractivity contribution in [2.45, 2.75) is 13.5 Å². The van der Waals surface area contributed by atoms with Crippen LogP contribution in [0.3, 0.4) is 0 Å². The minimum Gasteiger partial charge on any atom is -0.465 e. The first-order chi connectivity index (χ1) is 11.4. The van der Waals surface area contributed by atoms with Crippen LogP contribution in [0.4, 0.5) is 5.69 Å². The average Bonchev–Trinajstić information content (AvgIpc) is 2.89. The van der Waals surface area contributed by atoms with E-state index in [1.54, 1.807) is 13.0 Å². The predicted octanol–water partition coefficient (Wildman–Crippen LogP) is 3.05. The van der Waals surface area contributed by atoms with E-state index in [9.17, 15) is 9.59 Å². The molecule has 1 heterocycles. The van der Waals surface area contributed by atoms with Gasteiger partial charge in [0, 0.05) is 3.57 Å². The van der Waals surface area contributed by atoms with Gasteiger partial charge in [0.2, 0.25) is 5.91 Å². The number of amides is 1. The summed E-state index contributed by atoms with van der Waals surface area (Å²) < 4.78 is 11.2. The molecular formula is C17H19IN2O4. The van der Waals surface area contributed by atoms with Crippen molar-refractivity contribution in [1.29, 1.82) is 0 Å². The molecule has 1 aromatic heterocycles. The van der Waals surface area contributed by atoms with Crippen LogP contribution in [-0.2, 0) is 16.1 Å². The Labute approximate surface area is 154 Å². The summed E-state index contributed by atoms with van der Waals surface area (Å²) in [5.41, 5.74) is 1.20. The van der Waals surface area contributed by atoms with E-state index >= 15 is 0 Å². The van der Waals surface area contributed by atoms with Gasteiger partial charge in [-0.1, -0.05) is 12.1 Å². The summed E-state index contributed by atoms with van der Waals surface area (Å²) >= 11 is 2.17. The van der Waals surface area contributed by atoms with E-state index in [4.69, 9.17) is 9.15 Å². The van der Waals surface area contributed by atoms with Crippen LogP contribution in [0, 0.1) is 10.5 Å². The molecule has 0 bridgehead atoms. The number of hydrogen-bond donors (Lipinski definition) is 1. The molecule has 0 radical (unpaired) electrons. The standard InChI is InChI=1S/C17H19IN2O4/c1-11-13(17(22)23-3)8-12(24-11)9-20(2)10-16(21)19-15-7-5-4-6-14(15)18/h4-8H,9-10H2,1-3H3,(H,19,21). The number of halogens is 1. The number of nitrogens with zero attached hydrogens (tertiary/aromatic N) is 1. The fourth-order valence-electron chi connectivity index (χ4n) is 2.25. The number of anilines is 1. The molecule has 0 fully saturated rings. The smallest absolute Gasteiger partial charge is 0.341 e. The molecule has 0 unspecified atom stereocenters. The molecule has 128 valence electrons. The maximum Gasteiger partial charge on any atom is 0.341 e. The number of likely N-dealkylation sites (N-methyl/N-ethyl adjacent to an activating group) is 1. The molecule has 0 aliphatic heterocycles. The van der Waals surface area contributed by atoms with Gasteiger partial charge in [0.1, 0.15) is 17.1 Å². The first-order valence-electron chi connectivity index (χ1n) is 7.31. The van der Waals surface area contributed by atoms with Gasteiger partial charge in [-0.25, -0.2) is 4.79 Å².